The van der Waals surface area contributed by atoms with Crippen molar-refractivity contribution in [3.63, 3.8) is 0 Å². The van der Waals surface area contributed by atoms with Crippen LogP contribution in [0.25, 0.3) is 0 Å². The van der Waals surface area contributed by atoms with Gasteiger partial charge in [-0.05, 0) is 47.0 Å². The third-order valence-corrected chi connectivity index (χ3v) is 5.58. The van der Waals surface area contributed by atoms with Crippen molar-refractivity contribution in [2.45, 2.75) is 12.5 Å². The van der Waals surface area contributed by atoms with E-state index in [0.29, 0.717) is 17.2 Å². The summed E-state index contributed by atoms with van der Waals surface area (Å²) in [6.45, 7) is 0. The Hall–Kier alpha value is -4.07. The summed E-state index contributed by atoms with van der Waals surface area (Å²) in [7, 11) is 4.65. The fourth-order valence-corrected chi connectivity index (χ4v) is 4.09. The zero-order chi connectivity index (χ0) is 22.8. The van der Waals surface area contributed by atoms with Gasteiger partial charge in [0, 0.05) is 6.07 Å². The maximum atomic E-state index is 13.4. The molecule has 0 saturated carbocycles. The summed E-state index contributed by atoms with van der Waals surface area (Å²) in [6, 6.07) is 16.6. The molecule has 0 spiro atoms. The molecule has 1 aliphatic heterocycles. The molecule has 1 aliphatic rings. The van der Waals surface area contributed by atoms with Gasteiger partial charge in [-0.2, -0.15) is 0 Å². The highest BCUT2D eigenvalue weighted by Gasteiger charge is 2.38. The average Bonchev–Trinajstić information content (AvgIpc) is 2.82. The monoisotopic (exact) mass is 434 g/mol. The minimum atomic E-state index is -0.599. The molecular formula is C24H22N2O6. The summed E-state index contributed by atoms with van der Waals surface area (Å²) < 4.78 is 16.2. The van der Waals surface area contributed by atoms with Gasteiger partial charge in [-0.1, -0.05) is 24.3 Å². The summed E-state index contributed by atoms with van der Waals surface area (Å²) >= 11 is 0. The third kappa shape index (κ3) is 3.60. The predicted molar refractivity (Wildman–Crippen MR) is 119 cm³/mol. The molecule has 0 aliphatic carbocycles. The molecule has 1 atom stereocenters. The number of carbonyl (C=O) groups excluding carboxylic acids is 1. The van der Waals surface area contributed by atoms with Crippen LogP contribution in [0.3, 0.4) is 0 Å². The van der Waals surface area contributed by atoms with Gasteiger partial charge in [0.15, 0.2) is 11.5 Å². The molecule has 3 aromatic rings. The first-order valence-corrected chi connectivity index (χ1v) is 9.92. The predicted octanol–water partition coefficient (Wildman–Crippen LogP) is 4.30. The number of nitro groups is 1. The molecule has 3 aromatic carbocycles. The van der Waals surface area contributed by atoms with Gasteiger partial charge < -0.3 is 14.2 Å². The maximum Gasteiger partial charge on any atom is 0.292 e. The lowest BCUT2D eigenvalue weighted by molar-refractivity contribution is -0.384. The summed E-state index contributed by atoms with van der Waals surface area (Å²) in [5.41, 5.74) is 2.48. The van der Waals surface area contributed by atoms with Crippen LogP contribution in [0.15, 0.2) is 60.7 Å². The Morgan fingerprint density at radius 2 is 1.59 bits per heavy atom. The van der Waals surface area contributed by atoms with Crippen molar-refractivity contribution in [1.82, 2.24) is 0 Å². The van der Waals surface area contributed by atoms with Crippen molar-refractivity contribution in [3.05, 3.63) is 87.5 Å². The first-order chi connectivity index (χ1) is 15.5. The molecule has 164 valence electrons. The van der Waals surface area contributed by atoms with Gasteiger partial charge in [-0.15, -0.1) is 0 Å². The van der Waals surface area contributed by atoms with Crippen molar-refractivity contribution in [1.29, 1.82) is 0 Å². The molecule has 8 heteroatoms. The number of carbonyl (C=O) groups is 1. The lowest BCUT2D eigenvalue weighted by atomic mass is 9.86. The topological polar surface area (TPSA) is 91.1 Å². The van der Waals surface area contributed by atoms with E-state index in [9.17, 15) is 14.9 Å². The van der Waals surface area contributed by atoms with Gasteiger partial charge in [0.25, 0.3) is 5.69 Å². The molecule has 8 nitrogen and oxygen atoms in total. The zero-order valence-electron chi connectivity index (χ0n) is 17.9. The van der Waals surface area contributed by atoms with E-state index in [4.69, 9.17) is 14.2 Å². The maximum absolute atomic E-state index is 13.4. The Bertz CT molecular complexity index is 1180. The Morgan fingerprint density at radius 3 is 2.22 bits per heavy atom. The third-order valence-electron chi connectivity index (χ3n) is 5.58. The summed E-state index contributed by atoms with van der Waals surface area (Å²) in [5.74, 6) is 1.45. The summed E-state index contributed by atoms with van der Waals surface area (Å²) in [6.07, 6.45) is 0.0778. The van der Waals surface area contributed by atoms with Crippen LogP contribution in [0.5, 0.6) is 17.2 Å². The van der Waals surface area contributed by atoms with E-state index < -0.39 is 11.0 Å². The van der Waals surface area contributed by atoms with Gasteiger partial charge in [0.05, 0.1) is 38.7 Å². The highest BCUT2D eigenvalue weighted by Crippen LogP contribution is 2.45. The normalized spacial score (nSPS) is 15.2. The second-order valence-corrected chi connectivity index (χ2v) is 7.27. The van der Waals surface area contributed by atoms with E-state index in [-0.39, 0.29) is 23.7 Å². The first-order valence-electron chi connectivity index (χ1n) is 9.92. The number of fused-ring (bicyclic) bond motifs is 1. The highest BCUT2D eigenvalue weighted by molar-refractivity contribution is 6.00. The molecule has 0 bridgehead atoms. The number of rotatable bonds is 6. The number of hydrogen-bond donors (Lipinski definition) is 0. The average molecular weight is 434 g/mol. The number of nitrogens with zero attached hydrogens (tertiary/aromatic N) is 2. The number of nitro benzene ring substituents is 1. The van der Waals surface area contributed by atoms with Crippen molar-refractivity contribution >= 4 is 17.3 Å². The summed E-state index contributed by atoms with van der Waals surface area (Å²) in [4.78, 5) is 26.2. The molecule has 0 unspecified atom stereocenters. The molecule has 4 rings (SSSR count). The van der Waals surface area contributed by atoms with Gasteiger partial charge in [0.1, 0.15) is 11.4 Å². The number of para-hydroxylation sites is 2. The largest absolute Gasteiger partial charge is 0.497 e. The molecule has 32 heavy (non-hydrogen) atoms. The fourth-order valence-electron chi connectivity index (χ4n) is 4.09. The van der Waals surface area contributed by atoms with Crippen LogP contribution >= 0.6 is 0 Å². The smallest absolute Gasteiger partial charge is 0.292 e. The molecule has 1 amide bonds. The van der Waals surface area contributed by atoms with Gasteiger partial charge >= 0.3 is 0 Å². The fraction of sp³-hybridized carbons (Fsp3) is 0.208. The van der Waals surface area contributed by atoms with E-state index >= 15 is 0 Å². The van der Waals surface area contributed by atoms with Crippen LogP contribution in [0.2, 0.25) is 0 Å². The number of benzene rings is 3. The minimum Gasteiger partial charge on any atom is -0.497 e. The molecule has 0 saturated heterocycles. The van der Waals surface area contributed by atoms with Crippen LogP contribution in [0.4, 0.5) is 11.4 Å². The van der Waals surface area contributed by atoms with E-state index in [0.717, 1.165) is 16.7 Å². The second-order valence-electron chi connectivity index (χ2n) is 7.27. The molecule has 0 radical (unpaired) electrons. The van der Waals surface area contributed by atoms with E-state index in [1.54, 1.807) is 50.6 Å². The Kier molecular flexibility index (Phi) is 5.68. The second kappa shape index (κ2) is 8.58. The number of ether oxygens (including phenoxy) is 3. The van der Waals surface area contributed by atoms with E-state index in [2.05, 4.69) is 0 Å². The Morgan fingerprint density at radius 1 is 0.938 bits per heavy atom. The Labute approximate surface area is 185 Å². The molecule has 1 heterocycles. The molecule has 0 aromatic heterocycles. The molecule has 0 fully saturated rings. The SMILES string of the molecule is COc1ccc([C@@H]2c3cc(OC)c(OC)cc3CC(=O)N2c2ccccc2[N+](=O)[O-])cc1. The molecule has 0 N–H and O–H groups in total. The standard InChI is InChI=1S/C24H22N2O6/c1-30-17-10-8-15(9-11-17)24-18-14-22(32-3)21(31-2)12-16(18)13-23(27)25(24)19-6-4-5-7-20(19)26(28)29/h4-12,14,24H,13H2,1-3H3/t24-/m1/s1. The summed E-state index contributed by atoms with van der Waals surface area (Å²) in [5, 5.41) is 11.7. The van der Waals surface area contributed by atoms with E-state index in [1.807, 2.05) is 18.2 Å². The van der Waals surface area contributed by atoms with Crippen LogP contribution in [-0.4, -0.2) is 32.2 Å². The van der Waals surface area contributed by atoms with Crippen molar-refractivity contribution in [2.75, 3.05) is 26.2 Å². The van der Waals surface area contributed by atoms with Crippen molar-refractivity contribution < 1.29 is 23.9 Å². The highest BCUT2D eigenvalue weighted by atomic mass is 16.6. The van der Waals surface area contributed by atoms with Crippen LogP contribution in [0, 0.1) is 10.1 Å². The lowest BCUT2D eigenvalue weighted by Gasteiger charge is -2.37. The first kappa shape index (κ1) is 21.2. The van der Waals surface area contributed by atoms with Gasteiger partial charge in [-0.25, -0.2) is 0 Å². The van der Waals surface area contributed by atoms with Crippen LogP contribution in [-0.2, 0) is 11.2 Å². The molecular weight excluding hydrogens is 412 g/mol. The minimum absolute atomic E-state index is 0.0778. The Balaban J connectivity index is 1.97. The van der Waals surface area contributed by atoms with Crippen LogP contribution in [0.1, 0.15) is 22.7 Å². The van der Waals surface area contributed by atoms with Gasteiger partial charge in [-0.3, -0.25) is 19.8 Å². The number of amides is 1. The number of methoxy groups -OCH3 is 3. The quantitative estimate of drug-likeness (QED) is 0.424. The number of anilines is 1. The lowest BCUT2D eigenvalue weighted by Crippen LogP contribution is -2.41. The van der Waals surface area contributed by atoms with Crippen molar-refractivity contribution in [2.24, 2.45) is 0 Å². The number of hydrogen-bond acceptors (Lipinski definition) is 6. The van der Waals surface area contributed by atoms with E-state index in [1.165, 1.54) is 18.1 Å². The van der Waals surface area contributed by atoms with Gasteiger partial charge in [0.2, 0.25) is 5.91 Å². The zero-order valence-corrected chi connectivity index (χ0v) is 17.9. The van der Waals surface area contributed by atoms with Crippen LogP contribution < -0.4 is 19.1 Å². The van der Waals surface area contributed by atoms with Crippen molar-refractivity contribution in [3.8, 4) is 17.2 Å².